The van der Waals surface area contributed by atoms with Crippen LogP contribution >= 0.6 is 0 Å². The second-order valence-corrected chi connectivity index (χ2v) is 4.05. The van der Waals surface area contributed by atoms with E-state index in [0.29, 0.717) is 5.56 Å². The maximum atomic E-state index is 13.3. The van der Waals surface area contributed by atoms with Crippen molar-refractivity contribution in [3.63, 3.8) is 0 Å². The molecule has 0 aliphatic heterocycles. The lowest BCUT2D eigenvalue weighted by Gasteiger charge is -2.01. The summed E-state index contributed by atoms with van der Waals surface area (Å²) in [6, 6.07) is 15.7. The Morgan fingerprint density at radius 1 is 0.905 bits per heavy atom. The molecule has 3 N–H and O–H groups in total. The molecule has 5 nitrogen and oxygen atoms in total. The fourth-order valence-electron chi connectivity index (χ4n) is 1.48. The monoisotopic (exact) mass is 283 g/mol. The van der Waals surface area contributed by atoms with Gasteiger partial charge in [-0.25, -0.2) is 15.2 Å². The first-order valence-electron chi connectivity index (χ1n) is 6.22. The Hall–Kier alpha value is -3.02. The topological polar surface area (TPSA) is 72.6 Å². The highest BCUT2D eigenvalue weighted by Crippen LogP contribution is 2.02. The number of hydrogen-bond acceptors (Lipinski definition) is 3. The molecule has 2 rings (SSSR count). The smallest absolute Gasteiger partial charge is 0.230 e. The van der Waals surface area contributed by atoms with Gasteiger partial charge in [0, 0.05) is 5.56 Å². The van der Waals surface area contributed by atoms with Gasteiger partial charge in [-0.2, -0.15) is 10.2 Å². The van der Waals surface area contributed by atoms with E-state index in [1.807, 2.05) is 30.3 Å². The number of hydrogen-bond donors (Lipinski definition) is 3. The molecular formula is C15H14FN5. The normalized spacial score (nSPS) is 10.9. The molecule has 0 aliphatic carbocycles. The maximum Gasteiger partial charge on any atom is 0.230 e. The molecule has 0 saturated heterocycles. The standard InChI is InChI=1S/C15H14FN5/c16-14-9-5-4-8-13(14)11-19-21-15(17)20-18-10-12-6-2-1-3-7-12/h1-11H,(H3,17,20,21)/b18-10+,19-11+. The predicted molar refractivity (Wildman–Crippen MR) is 82.0 cm³/mol. The molecule has 0 aliphatic rings. The third-order valence-corrected chi connectivity index (χ3v) is 2.47. The Morgan fingerprint density at radius 2 is 1.52 bits per heavy atom. The fraction of sp³-hybridized carbons (Fsp3) is 0. The molecule has 106 valence electrons. The van der Waals surface area contributed by atoms with Crippen LogP contribution in [0.3, 0.4) is 0 Å². The second-order valence-electron chi connectivity index (χ2n) is 4.05. The van der Waals surface area contributed by atoms with Crippen molar-refractivity contribution in [2.24, 2.45) is 10.2 Å². The second kappa shape index (κ2) is 7.54. The van der Waals surface area contributed by atoms with E-state index in [-0.39, 0.29) is 11.8 Å². The molecule has 0 heterocycles. The van der Waals surface area contributed by atoms with Crippen molar-refractivity contribution in [1.29, 1.82) is 5.41 Å². The van der Waals surface area contributed by atoms with Gasteiger partial charge in [-0.3, -0.25) is 5.41 Å². The highest BCUT2D eigenvalue weighted by Gasteiger charge is 1.96. The summed E-state index contributed by atoms with van der Waals surface area (Å²) in [5.41, 5.74) is 6.12. The van der Waals surface area contributed by atoms with Crippen LogP contribution in [0.2, 0.25) is 0 Å². The molecule has 21 heavy (non-hydrogen) atoms. The Kier molecular flexibility index (Phi) is 5.17. The van der Waals surface area contributed by atoms with Crippen LogP contribution in [0.5, 0.6) is 0 Å². The molecule has 6 heteroatoms. The number of halogens is 1. The zero-order chi connectivity index (χ0) is 14.9. The van der Waals surface area contributed by atoms with Crippen molar-refractivity contribution < 1.29 is 4.39 Å². The fourth-order valence-corrected chi connectivity index (χ4v) is 1.48. The predicted octanol–water partition coefficient (Wildman–Crippen LogP) is 2.31. The molecule has 0 spiro atoms. The molecule has 0 unspecified atom stereocenters. The van der Waals surface area contributed by atoms with E-state index in [1.165, 1.54) is 12.3 Å². The van der Waals surface area contributed by atoms with Crippen molar-refractivity contribution >= 4 is 18.4 Å². The average molecular weight is 283 g/mol. The van der Waals surface area contributed by atoms with Gasteiger partial charge in [0.25, 0.3) is 0 Å². The summed E-state index contributed by atoms with van der Waals surface area (Å²) in [6.07, 6.45) is 2.88. The zero-order valence-corrected chi connectivity index (χ0v) is 11.1. The minimum absolute atomic E-state index is 0.116. The summed E-state index contributed by atoms with van der Waals surface area (Å²) in [7, 11) is 0. The van der Waals surface area contributed by atoms with E-state index >= 15 is 0 Å². The van der Waals surface area contributed by atoms with Crippen molar-refractivity contribution in [3.8, 4) is 0 Å². The van der Waals surface area contributed by atoms with Crippen LogP contribution in [0.15, 0.2) is 64.8 Å². The summed E-state index contributed by atoms with van der Waals surface area (Å²) in [5, 5.41) is 15.2. The lowest BCUT2D eigenvalue weighted by molar-refractivity contribution is 0.626. The van der Waals surface area contributed by atoms with Gasteiger partial charge in [0.15, 0.2) is 0 Å². The molecule has 0 atom stereocenters. The summed E-state index contributed by atoms with van der Waals surface area (Å²) in [4.78, 5) is 0. The molecule has 0 saturated carbocycles. The number of guanidine groups is 1. The SMILES string of the molecule is N=C(N/N=C/c1ccccc1)N/N=C/c1ccccc1F. The number of rotatable bonds is 4. The van der Waals surface area contributed by atoms with Gasteiger partial charge in [-0.05, 0) is 11.6 Å². The molecular weight excluding hydrogens is 269 g/mol. The van der Waals surface area contributed by atoms with Crippen LogP contribution in [0, 0.1) is 11.2 Å². The number of hydrazone groups is 2. The lowest BCUT2D eigenvalue weighted by atomic mass is 10.2. The van der Waals surface area contributed by atoms with Crippen LogP contribution in [0.4, 0.5) is 4.39 Å². The quantitative estimate of drug-likeness (QED) is 0.457. The Balaban J connectivity index is 1.80. The third kappa shape index (κ3) is 4.87. The maximum absolute atomic E-state index is 13.3. The molecule has 0 aromatic heterocycles. The molecule has 0 amide bonds. The van der Waals surface area contributed by atoms with E-state index in [2.05, 4.69) is 21.1 Å². The molecule has 2 aromatic carbocycles. The largest absolute Gasteiger partial charge is 0.266 e. The van der Waals surface area contributed by atoms with Crippen molar-refractivity contribution in [1.82, 2.24) is 10.9 Å². The third-order valence-electron chi connectivity index (χ3n) is 2.47. The van der Waals surface area contributed by atoms with E-state index < -0.39 is 0 Å². The first kappa shape index (κ1) is 14.4. The summed E-state index contributed by atoms with van der Waals surface area (Å²) in [6.45, 7) is 0. The van der Waals surface area contributed by atoms with Crippen LogP contribution in [0.25, 0.3) is 0 Å². The van der Waals surface area contributed by atoms with Crippen LogP contribution in [-0.4, -0.2) is 18.4 Å². The first-order chi connectivity index (χ1) is 10.3. The highest BCUT2D eigenvalue weighted by atomic mass is 19.1. The van der Waals surface area contributed by atoms with Gasteiger partial charge in [-0.1, -0.05) is 48.5 Å². The van der Waals surface area contributed by atoms with E-state index in [0.717, 1.165) is 5.56 Å². The van der Waals surface area contributed by atoms with Gasteiger partial charge in [-0.15, -0.1) is 0 Å². The lowest BCUT2D eigenvalue weighted by Crippen LogP contribution is -2.29. The Bertz CT molecular complexity index is 652. The van der Waals surface area contributed by atoms with Crippen LogP contribution in [0.1, 0.15) is 11.1 Å². The summed E-state index contributed by atoms with van der Waals surface area (Å²) < 4.78 is 13.3. The number of nitrogens with zero attached hydrogens (tertiary/aromatic N) is 2. The first-order valence-corrected chi connectivity index (χ1v) is 6.22. The number of nitrogens with one attached hydrogen (secondary N) is 3. The summed E-state index contributed by atoms with van der Waals surface area (Å²) in [5.74, 6) is -0.487. The highest BCUT2D eigenvalue weighted by molar-refractivity contribution is 5.84. The Morgan fingerprint density at radius 3 is 2.24 bits per heavy atom. The van der Waals surface area contributed by atoms with Crippen molar-refractivity contribution in [3.05, 3.63) is 71.5 Å². The minimum atomic E-state index is -0.371. The minimum Gasteiger partial charge on any atom is -0.266 e. The number of benzene rings is 2. The van der Waals surface area contributed by atoms with Crippen molar-refractivity contribution in [2.45, 2.75) is 0 Å². The molecule has 0 fully saturated rings. The van der Waals surface area contributed by atoms with Gasteiger partial charge < -0.3 is 0 Å². The molecule has 0 radical (unpaired) electrons. The zero-order valence-electron chi connectivity index (χ0n) is 11.1. The van der Waals surface area contributed by atoms with Crippen LogP contribution < -0.4 is 10.9 Å². The molecule has 2 aromatic rings. The van der Waals surface area contributed by atoms with E-state index in [1.54, 1.807) is 24.4 Å². The average Bonchev–Trinajstić information content (AvgIpc) is 2.50. The van der Waals surface area contributed by atoms with Crippen molar-refractivity contribution in [2.75, 3.05) is 0 Å². The van der Waals surface area contributed by atoms with Gasteiger partial charge in [0.2, 0.25) is 5.96 Å². The summed E-state index contributed by atoms with van der Waals surface area (Å²) >= 11 is 0. The van der Waals surface area contributed by atoms with Gasteiger partial charge >= 0.3 is 0 Å². The van der Waals surface area contributed by atoms with E-state index in [9.17, 15) is 4.39 Å². The molecule has 0 bridgehead atoms. The van der Waals surface area contributed by atoms with E-state index in [4.69, 9.17) is 5.41 Å². The van der Waals surface area contributed by atoms with Gasteiger partial charge in [0.05, 0.1) is 12.4 Å². The van der Waals surface area contributed by atoms with Gasteiger partial charge in [0.1, 0.15) is 5.82 Å². The Labute approximate surface area is 121 Å². The van der Waals surface area contributed by atoms with Crippen LogP contribution in [-0.2, 0) is 0 Å².